The van der Waals surface area contributed by atoms with E-state index in [0.29, 0.717) is 0 Å². The highest BCUT2D eigenvalue weighted by molar-refractivity contribution is 6.48. The fourth-order valence-corrected chi connectivity index (χ4v) is 2.92. The largest absolute Gasteiger partial charge is 0.462 e. The zero-order valence-corrected chi connectivity index (χ0v) is 12.5. The van der Waals surface area contributed by atoms with Crippen molar-refractivity contribution >= 4 is 18.4 Å². The molecule has 2 rings (SSSR count). The summed E-state index contributed by atoms with van der Waals surface area (Å²) in [6.45, 7) is 11.6. The Balaban J connectivity index is 2.67. The van der Waals surface area contributed by atoms with Crippen LogP contribution in [0.2, 0.25) is 6.82 Å². The molecule has 0 fully saturated rings. The van der Waals surface area contributed by atoms with E-state index in [2.05, 4.69) is 11.1 Å². The summed E-state index contributed by atoms with van der Waals surface area (Å²) in [7, 11) is -1.03. The summed E-state index contributed by atoms with van der Waals surface area (Å²) < 4.78 is 15.6. The standard InChI is InChI=1S/C15H20BFN2/c1-9-7-11(3)18-14(9)13(5)15-10(2)8-12(4)19(15)16(6)17/h7-8H,1-6H3/b14-13-. The van der Waals surface area contributed by atoms with Crippen molar-refractivity contribution in [1.82, 2.24) is 4.48 Å². The second-order valence-electron chi connectivity index (χ2n) is 5.32. The van der Waals surface area contributed by atoms with E-state index in [9.17, 15) is 4.32 Å². The third-order valence-electron chi connectivity index (χ3n) is 3.57. The first-order chi connectivity index (χ1) is 8.82. The topological polar surface area (TPSA) is 17.3 Å². The number of rotatable bonds is 2. The summed E-state index contributed by atoms with van der Waals surface area (Å²) in [5.41, 5.74) is 7.16. The number of hydrogen-bond acceptors (Lipinski definition) is 1. The molecule has 0 bridgehead atoms. The normalized spacial score (nSPS) is 17.4. The Morgan fingerprint density at radius 1 is 1.26 bits per heavy atom. The molecule has 19 heavy (non-hydrogen) atoms. The van der Waals surface area contributed by atoms with Crippen LogP contribution in [0.4, 0.5) is 4.32 Å². The molecule has 0 unspecified atom stereocenters. The molecule has 0 spiro atoms. The molecule has 0 atom stereocenters. The molecule has 1 aliphatic heterocycles. The maximum absolute atomic E-state index is 13.9. The summed E-state index contributed by atoms with van der Waals surface area (Å²) in [6, 6.07) is 2.03. The molecule has 100 valence electrons. The molecule has 0 aliphatic carbocycles. The predicted octanol–water partition coefficient (Wildman–Crippen LogP) is 4.19. The minimum absolute atomic E-state index is 0.947. The van der Waals surface area contributed by atoms with Crippen LogP contribution in [0.1, 0.15) is 37.7 Å². The third-order valence-corrected chi connectivity index (χ3v) is 3.57. The van der Waals surface area contributed by atoms with Crippen LogP contribution in [-0.4, -0.2) is 17.3 Å². The number of aryl methyl sites for hydroxylation is 2. The van der Waals surface area contributed by atoms with Crippen LogP contribution >= 0.6 is 0 Å². The van der Waals surface area contributed by atoms with E-state index in [1.54, 1.807) is 11.3 Å². The molecule has 0 amide bonds. The first-order valence-electron chi connectivity index (χ1n) is 6.60. The third kappa shape index (κ3) is 2.31. The first-order valence-corrected chi connectivity index (χ1v) is 6.60. The van der Waals surface area contributed by atoms with Crippen LogP contribution in [-0.2, 0) is 0 Å². The summed E-state index contributed by atoms with van der Waals surface area (Å²) in [5, 5.41) is 0. The minimum atomic E-state index is -1.03. The lowest BCUT2D eigenvalue weighted by Crippen LogP contribution is -2.18. The molecule has 0 radical (unpaired) electrons. The average molecular weight is 258 g/mol. The van der Waals surface area contributed by atoms with Crippen molar-refractivity contribution in [3.63, 3.8) is 0 Å². The number of aromatic nitrogens is 1. The minimum Gasteiger partial charge on any atom is -0.360 e. The van der Waals surface area contributed by atoms with Crippen LogP contribution in [0.15, 0.2) is 28.4 Å². The predicted molar refractivity (Wildman–Crippen MR) is 81.5 cm³/mol. The number of halogens is 1. The van der Waals surface area contributed by atoms with Gasteiger partial charge in [0.25, 0.3) is 0 Å². The fraction of sp³-hybridized carbons (Fsp3) is 0.400. The van der Waals surface area contributed by atoms with E-state index in [-0.39, 0.29) is 0 Å². The van der Waals surface area contributed by atoms with Crippen LogP contribution < -0.4 is 0 Å². The molecule has 0 saturated heterocycles. The van der Waals surface area contributed by atoms with Crippen LogP contribution in [0.3, 0.4) is 0 Å². The van der Waals surface area contributed by atoms with Crippen molar-refractivity contribution in [3.8, 4) is 0 Å². The van der Waals surface area contributed by atoms with Crippen LogP contribution in [0, 0.1) is 13.8 Å². The van der Waals surface area contributed by atoms with Gasteiger partial charge in [-0.25, -0.2) is 0 Å². The van der Waals surface area contributed by atoms with Gasteiger partial charge in [0.15, 0.2) is 0 Å². The molecule has 2 nitrogen and oxygen atoms in total. The van der Waals surface area contributed by atoms with Crippen LogP contribution in [0.25, 0.3) is 5.57 Å². The van der Waals surface area contributed by atoms with E-state index < -0.39 is 7.12 Å². The van der Waals surface area contributed by atoms with Gasteiger partial charge in [-0.05, 0) is 70.3 Å². The number of aliphatic imine (C=N–C) groups is 1. The van der Waals surface area contributed by atoms with E-state index in [1.165, 1.54) is 0 Å². The smallest absolute Gasteiger partial charge is 0.360 e. The van der Waals surface area contributed by atoms with Gasteiger partial charge in [-0.3, -0.25) is 4.99 Å². The number of allylic oxidation sites excluding steroid dienone is 3. The second kappa shape index (κ2) is 4.84. The number of nitrogens with zero attached hydrogens (tertiary/aromatic N) is 2. The molecular weight excluding hydrogens is 238 g/mol. The van der Waals surface area contributed by atoms with Gasteiger partial charge in [-0.15, -0.1) is 0 Å². The summed E-state index contributed by atoms with van der Waals surface area (Å²) in [6.07, 6.45) is 2.06. The zero-order valence-electron chi connectivity index (χ0n) is 12.5. The molecule has 1 aromatic rings. The molecule has 1 aliphatic rings. The van der Waals surface area contributed by atoms with Gasteiger partial charge in [0, 0.05) is 17.1 Å². The Bertz CT molecular complexity index is 618. The van der Waals surface area contributed by atoms with Gasteiger partial charge in [0.1, 0.15) is 0 Å². The molecule has 2 heterocycles. The van der Waals surface area contributed by atoms with Crippen molar-refractivity contribution in [2.75, 3.05) is 0 Å². The molecule has 0 N–H and O–H groups in total. The monoisotopic (exact) mass is 258 g/mol. The lowest BCUT2D eigenvalue weighted by Gasteiger charge is -2.14. The van der Waals surface area contributed by atoms with Gasteiger partial charge in [-0.2, -0.15) is 0 Å². The fourth-order valence-electron chi connectivity index (χ4n) is 2.92. The molecule has 0 saturated carbocycles. The highest BCUT2D eigenvalue weighted by Crippen LogP contribution is 2.31. The molecule has 1 aromatic heterocycles. The summed E-state index contributed by atoms with van der Waals surface area (Å²) in [5.74, 6) is 0. The van der Waals surface area contributed by atoms with Crippen LogP contribution in [0.5, 0.6) is 0 Å². The van der Waals surface area contributed by atoms with E-state index in [1.807, 2.05) is 40.7 Å². The van der Waals surface area contributed by atoms with Gasteiger partial charge in [0.05, 0.1) is 5.70 Å². The van der Waals surface area contributed by atoms with Crippen molar-refractivity contribution in [2.45, 2.75) is 41.4 Å². The lowest BCUT2D eigenvalue weighted by molar-refractivity contribution is 0.788. The van der Waals surface area contributed by atoms with Gasteiger partial charge in [0.2, 0.25) is 0 Å². The highest BCUT2D eigenvalue weighted by atomic mass is 19.1. The molecular formula is C15H20BFN2. The molecule has 4 heteroatoms. The first kappa shape index (κ1) is 13.8. The van der Waals surface area contributed by atoms with Gasteiger partial charge >= 0.3 is 7.12 Å². The van der Waals surface area contributed by atoms with Crippen molar-refractivity contribution in [1.29, 1.82) is 0 Å². The highest BCUT2D eigenvalue weighted by Gasteiger charge is 2.22. The molecule has 0 aromatic carbocycles. The SMILES string of the molecule is CB(F)n1c(C)cc(C)c1/C(C)=C1\N=C(C)C=C1C. The Hall–Kier alpha value is -1.58. The Labute approximate surface area is 114 Å². The quantitative estimate of drug-likeness (QED) is 0.707. The van der Waals surface area contributed by atoms with Crippen molar-refractivity contribution < 1.29 is 4.32 Å². The average Bonchev–Trinajstić information content (AvgIpc) is 2.77. The summed E-state index contributed by atoms with van der Waals surface area (Å²) in [4.78, 5) is 4.56. The van der Waals surface area contributed by atoms with Gasteiger partial charge in [-0.1, -0.05) is 0 Å². The number of hydrogen-bond donors (Lipinski definition) is 0. The zero-order chi connectivity index (χ0) is 14.3. The van der Waals surface area contributed by atoms with E-state index in [4.69, 9.17) is 0 Å². The van der Waals surface area contributed by atoms with E-state index in [0.717, 1.165) is 39.5 Å². The Kier molecular flexibility index (Phi) is 3.53. The lowest BCUT2D eigenvalue weighted by atomic mass is 9.89. The van der Waals surface area contributed by atoms with Gasteiger partial charge < -0.3 is 8.79 Å². The van der Waals surface area contributed by atoms with E-state index >= 15 is 0 Å². The Morgan fingerprint density at radius 2 is 1.89 bits per heavy atom. The second-order valence-corrected chi connectivity index (χ2v) is 5.32. The van der Waals surface area contributed by atoms with Crippen molar-refractivity contribution in [3.05, 3.63) is 40.4 Å². The Morgan fingerprint density at radius 3 is 2.37 bits per heavy atom. The maximum atomic E-state index is 13.9. The van der Waals surface area contributed by atoms with Crippen molar-refractivity contribution in [2.24, 2.45) is 4.99 Å². The maximum Gasteiger partial charge on any atom is 0.462 e. The summed E-state index contributed by atoms with van der Waals surface area (Å²) >= 11 is 0.